The van der Waals surface area contributed by atoms with E-state index < -0.39 is 29.0 Å². The number of benzene rings is 1. The van der Waals surface area contributed by atoms with Crippen LogP contribution in [0.5, 0.6) is 5.75 Å². The zero-order chi connectivity index (χ0) is 15.4. The largest absolute Gasteiger partial charge is 0.482 e. The smallest absolute Gasteiger partial charge is 0.203 e. The van der Waals surface area contributed by atoms with Crippen molar-refractivity contribution in [3.63, 3.8) is 0 Å². The quantitative estimate of drug-likeness (QED) is 0.535. The summed E-state index contributed by atoms with van der Waals surface area (Å²) < 4.78 is 57.5. The molecular formula is C14H8F4O2S. The van der Waals surface area contributed by atoms with Crippen LogP contribution in [0.15, 0.2) is 17.5 Å². The van der Waals surface area contributed by atoms with Gasteiger partial charge in [-0.05, 0) is 6.07 Å². The first-order valence-electron chi connectivity index (χ1n) is 5.66. The maximum Gasteiger partial charge on any atom is 0.203 e. The zero-order valence-electron chi connectivity index (χ0n) is 10.4. The second kappa shape index (κ2) is 6.61. The van der Waals surface area contributed by atoms with Gasteiger partial charge in [-0.1, -0.05) is 11.8 Å². The fraction of sp³-hybridized carbons (Fsp3) is 0.143. The van der Waals surface area contributed by atoms with Crippen LogP contribution in [-0.2, 0) is 6.61 Å². The molecule has 1 aromatic heterocycles. The Bertz CT molecular complexity index is 689. The molecule has 0 spiro atoms. The van der Waals surface area contributed by atoms with Crippen molar-refractivity contribution in [2.45, 2.75) is 6.61 Å². The lowest BCUT2D eigenvalue weighted by atomic mass is 10.3. The number of halogens is 4. The van der Waals surface area contributed by atoms with Crippen molar-refractivity contribution in [3.8, 4) is 17.6 Å². The highest BCUT2D eigenvalue weighted by Gasteiger charge is 2.20. The minimum Gasteiger partial charge on any atom is -0.482 e. The van der Waals surface area contributed by atoms with E-state index >= 15 is 0 Å². The molecule has 2 nitrogen and oxygen atoms in total. The van der Waals surface area contributed by atoms with E-state index in [1.165, 1.54) is 11.3 Å². The first-order chi connectivity index (χ1) is 10.0. The maximum absolute atomic E-state index is 13.4. The van der Waals surface area contributed by atoms with E-state index in [-0.39, 0.29) is 19.3 Å². The van der Waals surface area contributed by atoms with E-state index in [9.17, 15) is 17.6 Å². The van der Waals surface area contributed by atoms with Crippen LogP contribution in [0.4, 0.5) is 17.6 Å². The Kier molecular flexibility index (Phi) is 4.83. The molecule has 0 amide bonds. The van der Waals surface area contributed by atoms with Crippen LogP contribution in [0.2, 0.25) is 0 Å². The van der Waals surface area contributed by atoms with E-state index in [0.29, 0.717) is 10.4 Å². The van der Waals surface area contributed by atoms with Crippen molar-refractivity contribution in [2.75, 3.05) is 6.61 Å². The van der Waals surface area contributed by atoms with Gasteiger partial charge in [-0.2, -0.15) is 8.78 Å². The van der Waals surface area contributed by atoms with Gasteiger partial charge in [0.2, 0.25) is 11.6 Å². The molecule has 0 unspecified atom stereocenters. The molecule has 0 bridgehead atoms. The van der Waals surface area contributed by atoms with Crippen LogP contribution in [0.25, 0.3) is 0 Å². The molecule has 0 atom stereocenters. The summed E-state index contributed by atoms with van der Waals surface area (Å²) in [6, 6.07) is 1.70. The molecule has 0 saturated carbocycles. The van der Waals surface area contributed by atoms with Crippen molar-refractivity contribution in [1.82, 2.24) is 0 Å². The van der Waals surface area contributed by atoms with Gasteiger partial charge in [0, 0.05) is 21.9 Å². The van der Waals surface area contributed by atoms with E-state index in [0.717, 1.165) is 0 Å². The Hall–Kier alpha value is -2.04. The van der Waals surface area contributed by atoms with Gasteiger partial charge in [0.05, 0.1) is 0 Å². The van der Waals surface area contributed by atoms with Crippen LogP contribution >= 0.6 is 11.3 Å². The fourth-order valence-electron chi connectivity index (χ4n) is 1.48. The number of ether oxygens (including phenoxy) is 1. The molecule has 0 aliphatic rings. The molecule has 21 heavy (non-hydrogen) atoms. The average molecular weight is 316 g/mol. The summed E-state index contributed by atoms with van der Waals surface area (Å²) in [7, 11) is 0. The maximum atomic E-state index is 13.4. The van der Waals surface area contributed by atoms with Gasteiger partial charge < -0.3 is 9.84 Å². The normalized spacial score (nSPS) is 10.1. The zero-order valence-corrected chi connectivity index (χ0v) is 11.2. The number of hydrogen-bond acceptors (Lipinski definition) is 3. The highest BCUT2D eigenvalue weighted by atomic mass is 32.1. The highest BCUT2D eigenvalue weighted by Crippen LogP contribution is 2.27. The molecule has 0 aliphatic carbocycles. The molecule has 2 rings (SSSR count). The molecule has 1 heterocycles. The Morgan fingerprint density at radius 1 is 1.10 bits per heavy atom. The number of hydrogen-bond donors (Lipinski definition) is 1. The summed E-state index contributed by atoms with van der Waals surface area (Å²) in [5, 5.41) is 10.2. The Morgan fingerprint density at radius 2 is 1.76 bits per heavy atom. The molecule has 0 aliphatic heterocycles. The van der Waals surface area contributed by atoms with Gasteiger partial charge in [-0.3, -0.25) is 0 Å². The van der Waals surface area contributed by atoms with Gasteiger partial charge in [0.1, 0.15) is 13.2 Å². The van der Waals surface area contributed by atoms with Crippen LogP contribution in [0.1, 0.15) is 10.4 Å². The van der Waals surface area contributed by atoms with Gasteiger partial charge in [-0.25, -0.2) is 8.78 Å². The lowest BCUT2D eigenvalue weighted by molar-refractivity contribution is 0.264. The second-order valence-electron chi connectivity index (χ2n) is 3.85. The third-order valence-electron chi connectivity index (χ3n) is 2.40. The second-order valence-corrected chi connectivity index (χ2v) is 4.84. The van der Waals surface area contributed by atoms with Crippen LogP contribution in [0.3, 0.4) is 0 Å². The van der Waals surface area contributed by atoms with Crippen LogP contribution in [0, 0.1) is 35.1 Å². The summed E-state index contributed by atoms with van der Waals surface area (Å²) in [5.74, 6) is -2.22. The van der Waals surface area contributed by atoms with Crippen molar-refractivity contribution < 1.29 is 27.4 Å². The molecule has 1 aromatic carbocycles. The SMILES string of the molecule is OCC#Cc1csc(COc2c(F)c(F)cc(F)c2F)c1. The van der Waals surface area contributed by atoms with Gasteiger partial charge in [0.15, 0.2) is 17.4 Å². The molecule has 0 fully saturated rings. The molecule has 0 saturated heterocycles. The van der Waals surface area contributed by atoms with Gasteiger partial charge >= 0.3 is 0 Å². The van der Waals surface area contributed by atoms with Crippen molar-refractivity contribution in [1.29, 1.82) is 0 Å². The first-order valence-corrected chi connectivity index (χ1v) is 6.53. The highest BCUT2D eigenvalue weighted by molar-refractivity contribution is 7.10. The van der Waals surface area contributed by atoms with E-state index in [1.54, 1.807) is 11.4 Å². The van der Waals surface area contributed by atoms with Crippen molar-refractivity contribution >= 4 is 11.3 Å². The summed E-state index contributed by atoms with van der Waals surface area (Å²) in [5.41, 5.74) is 0.596. The standard InChI is InChI=1S/C14H8F4O2S/c15-10-5-11(16)13(18)14(12(10)17)20-6-9-4-8(7-21-9)2-1-3-19/h4-5,7,19H,3,6H2. The lowest BCUT2D eigenvalue weighted by Crippen LogP contribution is -2.03. The number of thiophene rings is 1. The monoisotopic (exact) mass is 316 g/mol. The van der Waals surface area contributed by atoms with Gasteiger partial charge in [-0.15, -0.1) is 11.3 Å². The Labute approximate surface area is 121 Å². The topological polar surface area (TPSA) is 29.5 Å². The fourth-order valence-corrected chi connectivity index (χ4v) is 2.21. The third kappa shape index (κ3) is 3.54. The first kappa shape index (κ1) is 15.4. The summed E-state index contributed by atoms with van der Waals surface area (Å²) in [6.07, 6.45) is 0. The number of aliphatic hydroxyl groups excluding tert-OH is 1. The summed E-state index contributed by atoms with van der Waals surface area (Å²) >= 11 is 1.20. The average Bonchev–Trinajstić information content (AvgIpc) is 2.91. The summed E-state index contributed by atoms with van der Waals surface area (Å²) in [6.45, 7) is -0.553. The third-order valence-corrected chi connectivity index (χ3v) is 3.31. The molecular weight excluding hydrogens is 308 g/mol. The van der Waals surface area contributed by atoms with Crippen molar-refractivity contribution in [3.05, 3.63) is 51.2 Å². The van der Waals surface area contributed by atoms with E-state index in [2.05, 4.69) is 11.8 Å². The lowest BCUT2D eigenvalue weighted by Gasteiger charge is -2.08. The Morgan fingerprint density at radius 3 is 2.38 bits per heavy atom. The minimum absolute atomic E-state index is 0.116. The number of rotatable bonds is 3. The van der Waals surface area contributed by atoms with Crippen LogP contribution < -0.4 is 4.74 Å². The van der Waals surface area contributed by atoms with Crippen molar-refractivity contribution in [2.24, 2.45) is 0 Å². The molecule has 2 aromatic rings. The molecule has 110 valence electrons. The number of aliphatic hydroxyl groups is 1. The predicted octanol–water partition coefficient (Wildman–Crippen LogP) is 3.23. The van der Waals surface area contributed by atoms with E-state index in [1.807, 2.05) is 0 Å². The Balaban J connectivity index is 2.15. The molecule has 0 radical (unpaired) electrons. The minimum atomic E-state index is -1.58. The predicted molar refractivity (Wildman–Crippen MR) is 68.9 cm³/mol. The van der Waals surface area contributed by atoms with Gasteiger partial charge in [0.25, 0.3) is 0 Å². The molecule has 7 heteroatoms. The van der Waals surface area contributed by atoms with Crippen LogP contribution in [-0.4, -0.2) is 11.7 Å². The molecule has 1 N–H and O–H groups in total. The van der Waals surface area contributed by atoms with E-state index in [4.69, 9.17) is 9.84 Å². The summed E-state index contributed by atoms with van der Waals surface area (Å²) in [4.78, 5) is 0.556.